The second kappa shape index (κ2) is 6.27. The van der Waals surface area contributed by atoms with Crippen molar-refractivity contribution in [1.82, 2.24) is 10.2 Å². The number of nitrogens with zero attached hydrogens (tertiary/aromatic N) is 1. The quantitative estimate of drug-likeness (QED) is 0.731. The van der Waals surface area contributed by atoms with Crippen LogP contribution in [0.3, 0.4) is 0 Å². The molecule has 1 aliphatic heterocycles. The van der Waals surface area contributed by atoms with E-state index in [0.29, 0.717) is 26.1 Å². The van der Waals surface area contributed by atoms with E-state index in [1.54, 1.807) is 4.90 Å². The lowest BCUT2D eigenvalue weighted by molar-refractivity contribution is -0.143. The number of hydrogen-bond acceptors (Lipinski definition) is 2. The maximum atomic E-state index is 11.8. The molecule has 0 radical (unpaired) electrons. The van der Waals surface area contributed by atoms with E-state index in [1.807, 2.05) is 6.92 Å². The number of carboxylic acids is 1. The van der Waals surface area contributed by atoms with Crippen molar-refractivity contribution in [3.8, 4) is 0 Å². The van der Waals surface area contributed by atoms with Crippen LogP contribution in [0.5, 0.6) is 0 Å². The summed E-state index contributed by atoms with van der Waals surface area (Å²) in [4.78, 5) is 24.2. The van der Waals surface area contributed by atoms with Crippen molar-refractivity contribution < 1.29 is 14.7 Å². The Labute approximate surface area is 101 Å². The molecule has 1 aliphatic rings. The number of amides is 2. The maximum Gasteiger partial charge on any atom is 0.317 e. The van der Waals surface area contributed by atoms with Crippen LogP contribution in [0.4, 0.5) is 4.79 Å². The maximum absolute atomic E-state index is 11.8. The Balaban J connectivity index is 2.41. The van der Waals surface area contributed by atoms with E-state index < -0.39 is 11.9 Å². The van der Waals surface area contributed by atoms with Gasteiger partial charge in [0.15, 0.2) is 0 Å². The van der Waals surface area contributed by atoms with E-state index >= 15 is 0 Å². The highest BCUT2D eigenvalue weighted by molar-refractivity contribution is 5.76. The van der Waals surface area contributed by atoms with Crippen LogP contribution in [-0.2, 0) is 4.79 Å². The third-order valence-corrected chi connectivity index (χ3v) is 3.05. The van der Waals surface area contributed by atoms with Crippen LogP contribution >= 0.6 is 0 Å². The number of carbonyl (C=O) groups excluding carboxylic acids is 1. The third kappa shape index (κ3) is 4.09. The second-order valence-corrected chi connectivity index (χ2v) is 4.39. The summed E-state index contributed by atoms with van der Waals surface area (Å²) in [6.45, 7) is 7.19. The summed E-state index contributed by atoms with van der Waals surface area (Å²) >= 11 is 0. The number of nitrogens with one attached hydrogen (secondary N) is 1. The van der Waals surface area contributed by atoms with Crippen molar-refractivity contribution in [3.05, 3.63) is 12.2 Å². The minimum absolute atomic E-state index is 0.189. The lowest BCUT2D eigenvalue weighted by atomic mass is 9.99. The van der Waals surface area contributed by atoms with Gasteiger partial charge in [0.25, 0.3) is 0 Å². The Kier molecular flexibility index (Phi) is 5.00. The average molecular weight is 240 g/mol. The highest BCUT2D eigenvalue weighted by Gasteiger charge is 2.27. The number of hydrogen-bond donors (Lipinski definition) is 2. The first kappa shape index (κ1) is 13.5. The van der Waals surface area contributed by atoms with Gasteiger partial charge in [0.05, 0.1) is 5.92 Å². The summed E-state index contributed by atoms with van der Waals surface area (Å²) in [6.07, 6.45) is 2.23. The van der Waals surface area contributed by atoms with E-state index in [-0.39, 0.29) is 6.03 Å². The van der Waals surface area contributed by atoms with Crippen LogP contribution in [0.15, 0.2) is 12.2 Å². The summed E-state index contributed by atoms with van der Waals surface area (Å²) in [5.41, 5.74) is 0.963. The van der Waals surface area contributed by atoms with Gasteiger partial charge in [-0.3, -0.25) is 4.79 Å². The summed E-state index contributed by atoms with van der Waals surface area (Å²) in [6, 6.07) is -0.189. The van der Waals surface area contributed by atoms with Crippen molar-refractivity contribution in [2.75, 3.05) is 19.6 Å². The highest BCUT2D eigenvalue weighted by Crippen LogP contribution is 2.16. The van der Waals surface area contributed by atoms with Gasteiger partial charge in [0.1, 0.15) is 0 Å². The molecule has 5 heteroatoms. The van der Waals surface area contributed by atoms with Gasteiger partial charge in [-0.25, -0.2) is 4.79 Å². The molecule has 0 saturated carbocycles. The molecule has 1 heterocycles. The fourth-order valence-corrected chi connectivity index (χ4v) is 1.80. The Morgan fingerprint density at radius 1 is 1.53 bits per heavy atom. The van der Waals surface area contributed by atoms with E-state index in [1.165, 1.54) is 0 Å². The van der Waals surface area contributed by atoms with Crippen molar-refractivity contribution in [3.63, 3.8) is 0 Å². The van der Waals surface area contributed by atoms with Gasteiger partial charge >= 0.3 is 12.0 Å². The summed E-state index contributed by atoms with van der Waals surface area (Å²) in [7, 11) is 0. The fourth-order valence-electron chi connectivity index (χ4n) is 1.80. The predicted octanol–water partition coefficient (Wildman–Crippen LogP) is 1.46. The molecule has 2 N–H and O–H groups in total. The Bertz CT molecular complexity index is 315. The normalized spacial score (nSPS) is 19.8. The average Bonchev–Trinajstić information content (AvgIpc) is 2.35. The van der Waals surface area contributed by atoms with Gasteiger partial charge < -0.3 is 15.3 Å². The van der Waals surface area contributed by atoms with E-state index in [9.17, 15) is 9.59 Å². The first-order chi connectivity index (χ1) is 8.04. The van der Waals surface area contributed by atoms with Crippen molar-refractivity contribution in [1.29, 1.82) is 0 Å². The van der Waals surface area contributed by atoms with E-state index in [2.05, 4.69) is 11.9 Å². The fraction of sp³-hybridized carbons (Fsp3) is 0.667. The summed E-state index contributed by atoms with van der Waals surface area (Å²) < 4.78 is 0. The SMILES string of the molecule is C=C(CC)CNC(=O)N1CCCC(C(=O)O)C1. The largest absolute Gasteiger partial charge is 0.481 e. The zero-order chi connectivity index (χ0) is 12.8. The Morgan fingerprint density at radius 2 is 2.24 bits per heavy atom. The highest BCUT2D eigenvalue weighted by atomic mass is 16.4. The molecular formula is C12H20N2O3. The molecule has 0 bridgehead atoms. The number of urea groups is 1. The standard InChI is InChI=1S/C12H20N2O3/c1-3-9(2)7-13-12(17)14-6-4-5-10(8-14)11(15)16/h10H,2-8H2,1H3,(H,13,17)(H,15,16). The third-order valence-electron chi connectivity index (χ3n) is 3.05. The Morgan fingerprint density at radius 3 is 2.82 bits per heavy atom. The van der Waals surface area contributed by atoms with Crippen LogP contribution in [-0.4, -0.2) is 41.6 Å². The minimum atomic E-state index is -0.819. The van der Waals surface area contributed by atoms with Crippen LogP contribution < -0.4 is 5.32 Å². The molecule has 0 aromatic rings. The summed E-state index contributed by atoms with van der Waals surface area (Å²) in [5.74, 6) is -1.25. The minimum Gasteiger partial charge on any atom is -0.481 e. The molecular weight excluding hydrogens is 220 g/mol. The molecule has 0 aromatic heterocycles. The molecule has 1 fully saturated rings. The molecule has 1 rings (SSSR count). The van der Waals surface area contributed by atoms with Gasteiger partial charge in [0.2, 0.25) is 0 Å². The van der Waals surface area contributed by atoms with Gasteiger partial charge in [-0.05, 0) is 19.3 Å². The molecule has 5 nitrogen and oxygen atoms in total. The first-order valence-electron chi connectivity index (χ1n) is 5.96. The predicted molar refractivity (Wildman–Crippen MR) is 64.8 cm³/mol. The topological polar surface area (TPSA) is 69.6 Å². The van der Waals surface area contributed by atoms with Crippen LogP contribution in [0.25, 0.3) is 0 Å². The zero-order valence-electron chi connectivity index (χ0n) is 10.2. The molecule has 96 valence electrons. The molecule has 17 heavy (non-hydrogen) atoms. The van der Waals surface area contributed by atoms with Gasteiger partial charge in [-0.1, -0.05) is 19.1 Å². The molecule has 0 spiro atoms. The van der Waals surface area contributed by atoms with Crippen molar-refractivity contribution in [2.24, 2.45) is 5.92 Å². The van der Waals surface area contributed by atoms with Crippen molar-refractivity contribution >= 4 is 12.0 Å². The number of aliphatic carboxylic acids is 1. The first-order valence-corrected chi connectivity index (χ1v) is 5.96. The lowest BCUT2D eigenvalue weighted by Crippen LogP contribution is -2.47. The molecule has 2 amide bonds. The summed E-state index contributed by atoms with van der Waals surface area (Å²) in [5, 5.41) is 11.7. The van der Waals surface area contributed by atoms with Crippen LogP contribution in [0.1, 0.15) is 26.2 Å². The Hall–Kier alpha value is -1.52. The lowest BCUT2D eigenvalue weighted by Gasteiger charge is -2.30. The molecule has 0 aromatic carbocycles. The molecule has 1 atom stereocenters. The van der Waals surface area contributed by atoms with Gasteiger partial charge in [-0.2, -0.15) is 0 Å². The number of piperidine rings is 1. The number of rotatable bonds is 4. The van der Waals surface area contributed by atoms with Crippen LogP contribution in [0.2, 0.25) is 0 Å². The van der Waals surface area contributed by atoms with Crippen LogP contribution in [0, 0.1) is 5.92 Å². The molecule has 1 saturated heterocycles. The van der Waals surface area contributed by atoms with Crippen molar-refractivity contribution in [2.45, 2.75) is 26.2 Å². The zero-order valence-corrected chi connectivity index (χ0v) is 10.2. The second-order valence-electron chi connectivity index (χ2n) is 4.39. The van der Waals surface area contributed by atoms with Gasteiger partial charge in [-0.15, -0.1) is 0 Å². The number of likely N-dealkylation sites (tertiary alicyclic amines) is 1. The number of carbonyl (C=O) groups is 2. The van der Waals surface area contributed by atoms with E-state index in [0.717, 1.165) is 18.4 Å². The monoisotopic (exact) mass is 240 g/mol. The molecule has 1 unspecified atom stereocenters. The van der Waals surface area contributed by atoms with E-state index in [4.69, 9.17) is 5.11 Å². The molecule has 0 aliphatic carbocycles. The smallest absolute Gasteiger partial charge is 0.317 e. The van der Waals surface area contributed by atoms with Gasteiger partial charge in [0, 0.05) is 19.6 Å². The number of carboxylic acid groups (broad SMARTS) is 1.